The summed E-state index contributed by atoms with van der Waals surface area (Å²) < 4.78 is 25.0. The molecule has 0 radical (unpaired) electrons. The van der Waals surface area contributed by atoms with Crippen LogP contribution >= 0.6 is 11.3 Å². The first kappa shape index (κ1) is 55.4. The van der Waals surface area contributed by atoms with Gasteiger partial charge in [-0.25, -0.2) is 9.78 Å². The molecule has 14 rings (SSSR count). The number of pyridine rings is 1. The SMILES string of the molecule is Cc1ncsc1-c1ccc([C@H](C)NC(=O)[C@@H]2C[C@@H](O)CN2C(=O)[C@H](c2cc(OC3CN(C(=O)OCC4(CCOc5nc(N6CC7CCC(C6)N7)c6cnc7c(c6n5)C(C)c5cccc6cc(O)cc-7c56)CCC5CCCN54)C3)no2)C(C)C)cc1. The molecule has 9 atom stereocenters. The topological polar surface area (TPSA) is 234 Å². The average Bonchev–Trinajstić information content (AvgIpc) is 1.61. The van der Waals surface area contributed by atoms with Gasteiger partial charge in [-0.05, 0) is 110 Å². The van der Waals surface area contributed by atoms with Gasteiger partial charge in [-0.2, -0.15) is 9.97 Å². The van der Waals surface area contributed by atoms with Crippen molar-refractivity contribution >= 4 is 56.7 Å². The van der Waals surface area contributed by atoms with Gasteiger partial charge in [-0.1, -0.05) is 63.2 Å². The highest BCUT2D eigenvalue weighted by Gasteiger charge is 2.50. The van der Waals surface area contributed by atoms with E-state index in [9.17, 15) is 24.6 Å². The second-order valence-electron chi connectivity index (χ2n) is 25.2. The number of phenolic OH excluding ortho intramolecular Hbond substituents is 1. The van der Waals surface area contributed by atoms with Crippen LogP contribution in [0.3, 0.4) is 0 Å². The summed E-state index contributed by atoms with van der Waals surface area (Å²) in [4.78, 5) is 71.2. The third-order valence-corrected chi connectivity index (χ3v) is 20.4. The number of thiazole rings is 1. The van der Waals surface area contributed by atoms with Crippen molar-refractivity contribution in [2.75, 3.05) is 57.4 Å². The highest BCUT2D eigenvalue weighted by atomic mass is 32.1. The lowest BCUT2D eigenvalue weighted by Crippen LogP contribution is -2.57. The molecule has 7 aromatic rings. The highest BCUT2D eigenvalue weighted by molar-refractivity contribution is 7.13. The van der Waals surface area contributed by atoms with Gasteiger partial charge in [-0.15, -0.1) is 11.3 Å². The van der Waals surface area contributed by atoms with E-state index in [2.05, 4.69) is 43.6 Å². The molecule has 6 aliphatic heterocycles. The summed E-state index contributed by atoms with van der Waals surface area (Å²) in [7, 11) is 0. The van der Waals surface area contributed by atoms with Crippen LogP contribution in [0.2, 0.25) is 0 Å². The van der Waals surface area contributed by atoms with Crippen molar-refractivity contribution in [2.45, 2.75) is 146 Å². The standard InChI is InChI=1S/C64H73N11O9S/c1-34(2)53(61(79)74-29-45(77)24-50(74)60(78)67-36(4)38-11-13-39(14-12-38)58-37(5)66-33-85-58)51-25-52(71-84-51)83-46-30-73(31-46)63(80)82-32-64(18-17-43-9-7-20-75(43)64)19-21-81-62-69-57-49(59(70-62)72-27-41-15-16-42(28-72)68-41)26-65-56-48-23-44(76)22-40-8-6-10-47(55(40)48)35(3)54(56)57/h6,8,10-14,22-23,25-26,33-36,41-43,45-46,50,53,68,76-77H,7,9,15-21,24,27-32H2,1-5H3,(H,67,78)/t35?,36-,41?,42?,43?,45+,50-,53-,64?/m0/s1. The maximum Gasteiger partial charge on any atom is 0.410 e. The molecule has 6 saturated heterocycles. The number of ether oxygens (including phenoxy) is 3. The summed E-state index contributed by atoms with van der Waals surface area (Å²) in [6.07, 6.45) is 7.29. The van der Waals surface area contributed by atoms with Gasteiger partial charge in [0.15, 0.2) is 5.76 Å². The molecule has 21 heteroatoms. The van der Waals surface area contributed by atoms with Crippen LogP contribution in [-0.2, 0) is 14.3 Å². The van der Waals surface area contributed by atoms with E-state index in [4.69, 9.17) is 33.7 Å². The van der Waals surface area contributed by atoms with Gasteiger partial charge in [0.2, 0.25) is 11.8 Å². The molecule has 3 aromatic carbocycles. The molecule has 4 aromatic heterocycles. The van der Waals surface area contributed by atoms with Crippen molar-refractivity contribution in [1.29, 1.82) is 0 Å². The Morgan fingerprint density at radius 2 is 1.78 bits per heavy atom. The van der Waals surface area contributed by atoms with Crippen LogP contribution < -0.4 is 25.0 Å². The Morgan fingerprint density at radius 3 is 2.55 bits per heavy atom. The number of carbonyl (C=O) groups excluding carboxylic acids is 3. The van der Waals surface area contributed by atoms with E-state index >= 15 is 0 Å². The summed E-state index contributed by atoms with van der Waals surface area (Å²) in [6, 6.07) is 19.7. The first-order valence-electron chi connectivity index (χ1n) is 30.4. The van der Waals surface area contributed by atoms with Crippen molar-refractivity contribution in [3.8, 4) is 39.3 Å². The fourth-order valence-electron chi connectivity index (χ4n) is 15.0. The van der Waals surface area contributed by atoms with E-state index < -0.39 is 29.7 Å². The quantitative estimate of drug-likeness (QED) is 0.0709. The third kappa shape index (κ3) is 10.2. The van der Waals surface area contributed by atoms with Crippen LogP contribution in [0.5, 0.6) is 17.6 Å². The maximum absolute atomic E-state index is 14.4. The summed E-state index contributed by atoms with van der Waals surface area (Å²) in [5.74, 6) is -0.273. The Kier molecular flexibility index (Phi) is 14.4. The summed E-state index contributed by atoms with van der Waals surface area (Å²) in [6.45, 7) is 13.6. The molecule has 2 bridgehead atoms. The van der Waals surface area contributed by atoms with Crippen molar-refractivity contribution < 1.29 is 43.3 Å². The summed E-state index contributed by atoms with van der Waals surface area (Å²) >= 11 is 1.58. The number of fused-ring (bicyclic) bond motifs is 7. The fourth-order valence-corrected chi connectivity index (χ4v) is 15.8. The number of piperazine rings is 1. The number of β-amino-alcohol motifs (C(OH)–C–C–N with tert-alkyl or cyclic N) is 1. The molecule has 85 heavy (non-hydrogen) atoms. The van der Waals surface area contributed by atoms with E-state index in [1.165, 1.54) is 4.90 Å². The number of hydrogen-bond donors (Lipinski definition) is 4. The van der Waals surface area contributed by atoms with E-state index in [0.29, 0.717) is 37.2 Å². The Hall–Kier alpha value is -7.46. The normalized spacial score (nSPS) is 25.1. The molecule has 5 unspecified atom stereocenters. The van der Waals surface area contributed by atoms with Gasteiger partial charge in [0.05, 0.1) is 70.1 Å². The Balaban J connectivity index is 0.620. The number of aromatic hydroxyl groups is 1. The Bertz CT molecular complexity index is 3710. The lowest BCUT2D eigenvalue weighted by molar-refractivity contribution is -0.141. The number of aliphatic hydroxyl groups is 1. The number of hydrogen-bond acceptors (Lipinski definition) is 18. The molecule has 6 fully saturated rings. The number of amides is 3. The number of carbonyl (C=O) groups is 3. The molecule has 3 amide bonds. The van der Waals surface area contributed by atoms with Gasteiger partial charge < -0.3 is 54.3 Å². The molecule has 0 saturated carbocycles. The van der Waals surface area contributed by atoms with Gasteiger partial charge >= 0.3 is 12.1 Å². The van der Waals surface area contributed by atoms with E-state index in [1.807, 2.05) is 87.9 Å². The van der Waals surface area contributed by atoms with Crippen LogP contribution in [0.4, 0.5) is 10.6 Å². The summed E-state index contributed by atoms with van der Waals surface area (Å²) in [5, 5.41) is 35.7. The number of nitrogens with one attached hydrogen (secondary N) is 2. The lowest BCUT2D eigenvalue weighted by atomic mass is 9.79. The predicted octanol–water partition coefficient (Wildman–Crippen LogP) is 8.62. The Morgan fingerprint density at radius 1 is 0.965 bits per heavy atom. The number of aromatic nitrogens is 5. The van der Waals surface area contributed by atoms with Crippen LogP contribution in [0.15, 0.2) is 76.9 Å². The lowest BCUT2D eigenvalue weighted by Gasteiger charge is -2.40. The number of anilines is 1. The smallest absolute Gasteiger partial charge is 0.410 e. The van der Waals surface area contributed by atoms with Crippen molar-refractivity contribution in [3.05, 3.63) is 101 Å². The molecular formula is C64H73N11O9S. The molecule has 444 valence electrons. The van der Waals surface area contributed by atoms with Crippen molar-refractivity contribution in [2.24, 2.45) is 5.92 Å². The average molecular weight is 1170 g/mol. The monoisotopic (exact) mass is 1170 g/mol. The van der Waals surface area contributed by atoms with Gasteiger partial charge in [0.25, 0.3) is 5.88 Å². The third-order valence-electron chi connectivity index (χ3n) is 19.4. The molecule has 7 aliphatic rings. The molecule has 1 aliphatic carbocycles. The fraction of sp³-hybridized carbons (Fsp3) is 0.500. The van der Waals surface area contributed by atoms with Gasteiger partial charge in [-0.3, -0.25) is 19.5 Å². The van der Waals surface area contributed by atoms with Crippen LogP contribution in [0.1, 0.15) is 125 Å². The molecule has 0 spiro atoms. The zero-order chi connectivity index (χ0) is 58.4. The molecule has 4 N–H and O–H groups in total. The number of rotatable bonds is 16. The van der Waals surface area contributed by atoms with Crippen LogP contribution in [0, 0.1) is 12.8 Å². The van der Waals surface area contributed by atoms with E-state index in [-0.39, 0.29) is 85.8 Å². The predicted molar refractivity (Wildman–Crippen MR) is 320 cm³/mol. The zero-order valence-electron chi connectivity index (χ0n) is 48.7. The number of aliphatic hydroxyl groups excluding tert-OH is 1. The minimum atomic E-state index is -0.877. The van der Waals surface area contributed by atoms with E-state index in [0.717, 1.165) is 130 Å². The van der Waals surface area contributed by atoms with E-state index in [1.54, 1.807) is 22.3 Å². The molecular weight excluding hydrogens is 1100 g/mol. The van der Waals surface area contributed by atoms with Crippen LogP contribution in [-0.4, -0.2) is 162 Å². The molecule has 10 heterocycles. The minimum absolute atomic E-state index is 0.0110. The maximum atomic E-state index is 14.4. The second kappa shape index (κ2) is 22.1. The minimum Gasteiger partial charge on any atom is -0.508 e. The van der Waals surface area contributed by atoms with Crippen LogP contribution in [0.25, 0.3) is 43.4 Å². The number of nitrogens with zero attached hydrogens (tertiary/aromatic N) is 9. The number of likely N-dealkylation sites (tertiary alicyclic amines) is 2. The number of phenols is 1. The van der Waals surface area contributed by atoms with Gasteiger partial charge in [0, 0.05) is 79.9 Å². The first-order chi connectivity index (χ1) is 41.1. The molecule has 20 nitrogen and oxygen atoms in total. The zero-order valence-corrected chi connectivity index (χ0v) is 49.5. The first-order valence-corrected chi connectivity index (χ1v) is 31.2. The highest BCUT2D eigenvalue weighted by Crippen LogP contribution is 2.49. The van der Waals surface area contributed by atoms with Crippen molar-refractivity contribution in [3.63, 3.8) is 0 Å². The summed E-state index contributed by atoms with van der Waals surface area (Å²) in [5.41, 5.74) is 8.99. The van der Waals surface area contributed by atoms with Crippen molar-refractivity contribution in [1.82, 2.24) is 50.4 Å². The second-order valence-corrected chi connectivity index (χ2v) is 26.0. The largest absolute Gasteiger partial charge is 0.508 e. The van der Waals surface area contributed by atoms with Gasteiger partial charge in [0.1, 0.15) is 36.2 Å². The number of benzene rings is 3. The Labute approximate surface area is 497 Å². The number of aryl methyl sites for hydroxylation is 1.